The summed E-state index contributed by atoms with van der Waals surface area (Å²) in [7, 11) is 0. The van der Waals surface area contributed by atoms with Crippen LogP contribution >= 0.6 is 0 Å². The standard InChI is InChI=1S/C11H21NO2S/c1-9(10-5-7-14-8-6-10)12-15(13)11(2,3)4/h10H,5-8H2,1-4H3/t15-/m1/s1. The summed E-state index contributed by atoms with van der Waals surface area (Å²) in [5, 5.41) is 0. The second-order valence-corrected chi connectivity index (χ2v) is 6.89. The normalized spacial score (nSPS) is 22.9. The molecule has 0 aliphatic carbocycles. The van der Waals surface area contributed by atoms with Crippen LogP contribution in [0.2, 0.25) is 0 Å². The van der Waals surface area contributed by atoms with Crippen molar-refractivity contribution in [3.63, 3.8) is 0 Å². The van der Waals surface area contributed by atoms with Gasteiger partial charge in [-0.3, -0.25) is 0 Å². The minimum atomic E-state index is -1.12. The van der Waals surface area contributed by atoms with E-state index in [9.17, 15) is 4.55 Å². The van der Waals surface area contributed by atoms with Crippen molar-refractivity contribution in [3.8, 4) is 0 Å². The zero-order valence-electron chi connectivity index (χ0n) is 10.1. The minimum absolute atomic E-state index is 0.258. The van der Waals surface area contributed by atoms with Gasteiger partial charge in [-0.05, 0) is 40.5 Å². The molecule has 4 heteroatoms. The number of hydrogen-bond acceptors (Lipinski definition) is 3. The Bertz CT molecular complexity index is 229. The first-order valence-corrected chi connectivity index (χ1v) is 6.57. The number of nitrogens with zero attached hydrogens (tertiary/aromatic N) is 1. The SMILES string of the molecule is CC(=N[S@+]([O-])C(C)(C)C)C1CCOCC1. The highest BCUT2D eigenvalue weighted by Crippen LogP contribution is 2.21. The molecule has 0 aromatic carbocycles. The molecule has 1 atom stereocenters. The van der Waals surface area contributed by atoms with Crippen molar-refractivity contribution in [3.05, 3.63) is 0 Å². The summed E-state index contributed by atoms with van der Waals surface area (Å²) in [6.45, 7) is 9.44. The summed E-state index contributed by atoms with van der Waals surface area (Å²) < 4.78 is 21.1. The van der Waals surface area contributed by atoms with Crippen LogP contribution in [-0.4, -0.2) is 28.2 Å². The Morgan fingerprint density at radius 3 is 2.33 bits per heavy atom. The lowest BCUT2D eigenvalue weighted by molar-refractivity contribution is 0.0827. The molecular weight excluding hydrogens is 210 g/mol. The Balaban J connectivity index is 2.57. The fourth-order valence-electron chi connectivity index (χ4n) is 1.46. The Morgan fingerprint density at radius 2 is 1.87 bits per heavy atom. The van der Waals surface area contributed by atoms with Crippen molar-refractivity contribution in [2.24, 2.45) is 10.3 Å². The van der Waals surface area contributed by atoms with E-state index >= 15 is 0 Å². The average molecular weight is 231 g/mol. The zero-order chi connectivity index (χ0) is 11.5. The molecule has 0 aromatic heterocycles. The van der Waals surface area contributed by atoms with E-state index in [1.54, 1.807) is 0 Å². The first-order chi connectivity index (χ1) is 6.91. The molecule has 0 aromatic rings. The zero-order valence-corrected chi connectivity index (χ0v) is 10.9. The Hall–Kier alpha value is -0.0600. The molecule has 88 valence electrons. The Kier molecular flexibility index (Phi) is 4.62. The van der Waals surface area contributed by atoms with Crippen LogP contribution in [0.3, 0.4) is 0 Å². The van der Waals surface area contributed by atoms with Gasteiger partial charge in [0.25, 0.3) is 0 Å². The fourth-order valence-corrected chi connectivity index (χ4v) is 2.14. The van der Waals surface area contributed by atoms with Crippen molar-refractivity contribution in [1.29, 1.82) is 0 Å². The lowest BCUT2D eigenvalue weighted by Crippen LogP contribution is -2.29. The summed E-state index contributed by atoms with van der Waals surface area (Å²) in [6, 6.07) is 0. The highest BCUT2D eigenvalue weighted by molar-refractivity contribution is 7.91. The van der Waals surface area contributed by atoms with Crippen LogP contribution in [0.15, 0.2) is 4.40 Å². The van der Waals surface area contributed by atoms with Gasteiger partial charge >= 0.3 is 0 Å². The van der Waals surface area contributed by atoms with E-state index in [1.165, 1.54) is 0 Å². The third-order valence-electron chi connectivity index (χ3n) is 2.56. The highest BCUT2D eigenvalue weighted by atomic mass is 32.2. The molecule has 0 spiro atoms. The van der Waals surface area contributed by atoms with Crippen molar-refractivity contribution >= 4 is 17.1 Å². The van der Waals surface area contributed by atoms with Crippen LogP contribution in [0.5, 0.6) is 0 Å². The lowest BCUT2D eigenvalue weighted by Gasteiger charge is -2.23. The molecule has 1 heterocycles. The van der Waals surface area contributed by atoms with Crippen LogP contribution in [0.1, 0.15) is 40.5 Å². The van der Waals surface area contributed by atoms with E-state index in [-0.39, 0.29) is 4.75 Å². The monoisotopic (exact) mass is 231 g/mol. The predicted molar refractivity (Wildman–Crippen MR) is 64.5 cm³/mol. The van der Waals surface area contributed by atoms with Gasteiger partial charge < -0.3 is 9.29 Å². The maximum Gasteiger partial charge on any atom is 0.144 e. The number of ether oxygens (including phenoxy) is 1. The molecule has 0 amide bonds. The van der Waals surface area contributed by atoms with Gasteiger partial charge in [-0.15, -0.1) is 0 Å². The molecule has 0 bridgehead atoms. The van der Waals surface area contributed by atoms with E-state index in [0.717, 1.165) is 31.8 Å². The smallest absolute Gasteiger partial charge is 0.144 e. The number of rotatable bonds is 2. The van der Waals surface area contributed by atoms with Crippen molar-refractivity contribution in [1.82, 2.24) is 0 Å². The minimum Gasteiger partial charge on any atom is -0.591 e. The van der Waals surface area contributed by atoms with E-state index in [4.69, 9.17) is 4.74 Å². The highest BCUT2D eigenvalue weighted by Gasteiger charge is 2.28. The summed E-state index contributed by atoms with van der Waals surface area (Å²) >= 11 is -1.12. The first kappa shape index (κ1) is 13.0. The fraction of sp³-hybridized carbons (Fsp3) is 0.909. The van der Waals surface area contributed by atoms with E-state index < -0.39 is 11.4 Å². The molecule has 0 saturated carbocycles. The largest absolute Gasteiger partial charge is 0.591 e. The maximum absolute atomic E-state index is 11.8. The van der Waals surface area contributed by atoms with Gasteiger partial charge in [-0.25, -0.2) is 0 Å². The summed E-state index contributed by atoms with van der Waals surface area (Å²) in [5.74, 6) is 0.463. The molecule has 15 heavy (non-hydrogen) atoms. The summed E-state index contributed by atoms with van der Waals surface area (Å²) in [6.07, 6.45) is 2.02. The third kappa shape index (κ3) is 4.13. The van der Waals surface area contributed by atoms with Gasteiger partial charge in [-0.2, -0.15) is 0 Å². The first-order valence-electron chi connectivity index (χ1n) is 5.46. The van der Waals surface area contributed by atoms with Crippen LogP contribution in [-0.2, 0) is 16.1 Å². The Morgan fingerprint density at radius 1 is 1.33 bits per heavy atom. The lowest BCUT2D eigenvalue weighted by atomic mass is 9.96. The molecular formula is C11H21NO2S. The van der Waals surface area contributed by atoms with Crippen LogP contribution in [0.4, 0.5) is 0 Å². The van der Waals surface area contributed by atoms with Gasteiger partial charge in [-0.1, -0.05) is 4.40 Å². The van der Waals surface area contributed by atoms with Gasteiger partial charge in [0.15, 0.2) is 0 Å². The Labute approximate surface area is 95.6 Å². The van der Waals surface area contributed by atoms with Gasteiger partial charge in [0.2, 0.25) is 0 Å². The molecule has 0 unspecified atom stereocenters. The third-order valence-corrected chi connectivity index (χ3v) is 4.06. The van der Waals surface area contributed by atoms with E-state index in [2.05, 4.69) is 4.40 Å². The van der Waals surface area contributed by atoms with Crippen molar-refractivity contribution in [2.75, 3.05) is 13.2 Å². The average Bonchev–Trinajstić information content (AvgIpc) is 2.17. The van der Waals surface area contributed by atoms with Crippen molar-refractivity contribution in [2.45, 2.75) is 45.3 Å². The molecule has 1 aliphatic heterocycles. The van der Waals surface area contributed by atoms with Gasteiger partial charge in [0.05, 0.1) is 5.71 Å². The maximum atomic E-state index is 11.8. The second kappa shape index (κ2) is 5.32. The predicted octanol–water partition coefficient (Wildman–Crippen LogP) is 2.34. The summed E-state index contributed by atoms with van der Waals surface area (Å²) in [4.78, 5) is 0. The van der Waals surface area contributed by atoms with Crippen LogP contribution < -0.4 is 0 Å². The molecule has 1 fully saturated rings. The quantitative estimate of drug-likeness (QED) is 0.541. The molecule has 3 nitrogen and oxygen atoms in total. The molecule has 1 saturated heterocycles. The second-order valence-electron chi connectivity index (χ2n) is 4.98. The summed E-state index contributed by atoms with van der Waals surface area (Å²) in [5.41, 5.74) is 1.02. The van der Waals surface area contributed by atoms with Gasteiger partial charge in [0, 0.05) is 19.1 Å². The van der Waals surface area contributed by atoms with Gasteiger partial charge in [0.1, 0.15) is 16.1 Å². The van der Waals surface area contributed by atoms with Crippen LogP contribution in [0, 0.1) is 5.92 Å². The molecule has 1 rings (SSSR count). The number of hydrogen-bond donors (Lipinski definition) is 0. The molecule has 1 aliphatic rings. The van der Waals surface area contributed by atoms with Crippen molar-refractivity contribution < 1.29 is 9.29 Å². The van der Waals surface area contributed by atoms with Crippen LogP contribution in [0.25, 0.3) is 0 Å². The van der Waals surface area contributed by atoms with E-state index in [1.807, 2.05) is 27.7 Å². The molecule has 0 radical (unpaired) electrons. The topological polar surface area (TPSA) is 44.7 Å². The van der Waals surface area contributed by atoms with E-state index in [0.29, 0.717) is 5.92 Å². The molecule has 0 N–H and O–H groups in total.